The molecule has 12 heteroatoms. The lowest BCUT2D eigenvalue weighted by atomic mass is 10.1. The molecule has 0 aromatic heterocycles. The molecule has 0 bridgehead atoms. The Morgan fingerprint density at radius 2 is 1.67 bits per heavy atom. The van der Waals surface area contributed by atoms with Crippen LogP contribution in [-0.4, -0.2) is 74.2 Å². The smallest absolute Gasteiger partial charge is 0.383 e. The standard InChI is InChI=1S/C24H24F6N2O4/c1-35-11-9-31(22(34)17-3-2-4-19(13-17)24(28,29)30)14-20-15-32(10-12-36-20)21(33)16-5-7-18(8-6-16)23(25,26)27/h2-8,13,20H,9-12,14-15H2,1H3/t20-/m0/s1. The molecule has 6 nitrogen and oxygen atoms in total. The molecule has 1 atom stereocenters. The summed E-state index contributed by atoms with van der Waals surface area (Å²) >= 11 is 0. The van der Waals surface area contributed by atoms with Crippen molar-refractivity contribution in [3.05, 3.63) is 70.8 Å². The average molecular weight is 518 g/mol. The van der Waals surface area contributed by atoms with E-state index < -0.39 is 41.4 Å². The molecule has 3 rings (SSSR count). The third-order valence-electron chi connectivity index (χ3n) is 5.60. The van der Waals surface area contributed by atoms with Crippen LogP contribution >= 0.6 is 0 Å². The van der Waals surface area contributed by atoms with Crippen molar-refractivity contribution in [2.75, 3.05) is 46.5 Å². The minimum absolute atomic E-state index is 0.0325. The highest BCUT2D eigenvalue weighted by Gasteiger charge is 2.33. The summed E-state index contributed by atoms with van der Waals surface area (Å²) < 4.78 is 88.3. The zero-order valence-electron chi connectivity index (χ0n) is 19.2. The molecule has 2 amide bonds. The summed E-state index contributed by atoms with van der Waals surface area (Å²) in [6.07, 6.45) is -9.80. The van der Waals surface area contributed by atoms with Gasteiger partial charge in [0, 0.05) is 44.4 Å². The Bertz CT molecular complexity index is 1060. The van der Waals surface area contributed by atoms with Gasteiger partial charge in [-0.25, -0.2) is 0 Å². The maximum absolute atomic E-state index is 13.1. The number of alkyl halides is 6. The molecule has 1 aliphatic rings. The molecular weight excluding hydrogens is 494 g/mol. The minimum atomic E-state index is -4.61. The van der Waals surface area contributed by atoms with Crippen LogP contribution in [0, 0.1) is 0 Å². The number of hydrogen-bond acceptors (Lipinski definition) is 4. The van der Waals surface area contributed by atoms with Gasteiger partial charge in [0.1, 0.15) is 0 Å². The fourth-order valence-electron chi connectivity index (χ4n) is 3.73. The van der Waals surface area contributed by atoms with Crippen LogP contribution in [0.15, 0.2) is 48.5 Å². The predicted molar refractivity (Wildman–Crippen MR) is 116 cm³/mol. The molecule has 0 saturated carbocycles. The molecule has 2 aromatic carbocycles. The summed E-state index contributed by atoms with van der Waals surface area (Å²) in [6.45, 7) is 0.501. The number of nitrogens with zero attached hydrogens (tertiary/aromatic N) is 2. The van der Waals surface area contributed by atoms with Crippen molar-refractivity contribution in [2.24, 2.45) is 0 Å². The first kappa shape index (κ1) is 27.5. The van der Waals surface area contributed by atoms with E-state index in [1.54, 1.807) is 0 Å². The van der Waals surface area contributed by atoms with Gasteiger partial charge in [-0.05, 0) is 42.5 Å². The SMILES string of the molecule is COCCN(C[C@H]1CN(C(=O)c2ccc(C(F)(F)F)cc2)CCO1)C(=O)c1cccc(C(F)(F)F)c1. The first-order chi connectivity index (χ1) is 16.9. The van der Waals surface area contributed by atoms with Crippen LogP contribution in [0.1, 0.15) is 31.8 Å². The minimum Gasteiger partial charge on any atom is -0.383 e. The topological polar surface area (TPSA) is 59.1 Å². The van der Waals surface area contributed by atoms with E-state index in [0.717, 1.165) is 42.5 Å². The van der Waals surface area contributed by atoms with E-state index in [1.165, 1.54) is 23.0 Å². The fraction of sp³-hybridized carbons (Fsp3) is 0.417. The van der Waals surface area contributed by atoms with Crippen LogP contribution in [0.25, 0.3) is 0 Å². The van der Waals surface area contributed by atoms with Crippen LogP contribution in [0.2, 0.25) is 0 Å². The van der Waals surface area contributed by atoms with Gasteiger partial charge in [0.05, 0.1) is 30.4 Å². The van der Waals surface area contributed by atoms with E-state index in [4.69, 9.17) is 9.47 Å². The van der Waals surface area contributed by atoms with Crippen LogP contribution in [-0.2, 0) is 21.8 Å². The highest BCUT2D eigenvalue weighted by Crippen LogP contribution is 2.30. The summed E-state index contributed by atoms with van der Waals surface area (Å²) in [5.74, 6) is -1.15. The Labute approximate surface area is 203 Å². The monoisotopic (exact) mass is 518 g/mol. The Morgan fingerprint density at radius 1 is 1.00 bits per heavy atom. The van der Waals surface area contributed by atoms with Gasteiger partial charge in [-0.2, -0.15) is 26.3 Å². The van der Waals surface area contributed by atoms with Crippen molar-refractivity contribution < 1.29 is 45.4 Å². The van der Waals surface area contributed by atoms with Gasteiger partial charge in [-0.1, -0.05) is 6.07 Å². The second-order valence-corrected chi connectivity index (χ2v) is 8.14. The molecular formula is C24H24F6N2O4. The lowest BCUT2D eigenvalue weighted by Crippen LogP contribution is -2.51. The van der Waals surface area contributed by atoms with E-state index in [1.807, 2.05) is 0 Å². The van der Waals surface area contributed by atoms with Crippen molar-refractivity contribution in [3.8, 4) is 0 Å². The van der Waals surface area contributed by atoms with Gasteiger partial charge >= 0.3 is 12.4 Å². The number of methoxy groups -OCH3 is 1. The number of ether oxygens (including phenoxy) is 2. The molecule has 36 heavy (non-hydrogen) atoms. The van der Waals surface area contributed by atoms with Gasteiger partial charge < -0.3 is 19.3 Å². The molecule has 0 spiro atoms. The van der Waals surface area contributed by atoms with Gasteiger partial charge in [0.15, 0.2) is 0 Å². The fourth-order valence-corrected chi connectivity index (χ4v) is 3.73. The molecule has 1 saturated heterocycles. The van der Waals surface area contributed by atoms with Crippen molar-refractivity contribution in [2.45, 2.75) is 18.5 Å². The first-order valence-corrected chi connectivity index (χ1v) is 10.9. The average Bonchev–Trinajstić information content (AvgIpc) is 2.85. The molecule has 1 heterocycles. The van der Waals surface area contributed by atoms with Crippen LogP contribution in [0.4, 0.5) is 26.3 Å². The normalized spacial score (nSPS) is 16.6. The molecule has 1 fully saturated rings. The van der Waals surface area contributed by atoms with E-state index in [2.05, 4.69) is 0 Å². The number of hydrogen-bond donors (Lipinski definition) is 0. The molecule has 1 aliphatic heterocycles. The van der Waals surface area contributed by atoms with Crippen molar-refractivity contribution in [1.82, 2.24) is 9.80 Å². The lowest BCUT2D eigenvalue weighted by Gasteiger charge is -2.36. The Balaban J connectivity index is 1.71. The van der Waals surface area contributed by atoms with E-state index in [9.17, 15) is 35.9 Å². The molecule has 196 valence electrons. The summed E-state index contributed by atoms with van der Waals surface area (Å²) in [4.78, 5) is 28.6. The van der Waals surface area contributed by atoms with Crippen LogP contribution in [0.3, 0.4) is 0 Å². The second kappa shape index (κ2) is 11.3. The van der Waals surface area contributed by atoms with Crippen molar-refractivity contribution in [1.29, 1.82) is 0 Å². The second-order valence-electron chi connectivity index (χ2n) is 8.14. The van der Waals surface area contributed by atoms with Crippen LogP contribution < -0.4 is 0 Å². The number of carbonyl (C=O) groups excluding carboxylic acids is 2. The Morgan fingerprint density at radius 3 is 2.28 bits per heavy atom. The van der Waals surface area contributed by atoms with Crippen molar-refractivity contribution in [3.63, 3.8) is 0 Å². The maximum atomic E-state index is 13.1. The highest BCUT2D eigenvalue weighted by atomic mass is 19.4. The van der Waals surface area contributed by atoms with E-state index in [0.29, 0.717) is 0 Å². The summed E-state index contributed by atoms with van der Waals surface area (Å²) in [7, 11) is 1.41. The molecule has 0 radical (unpaired) electrons. The van der Waals surface area contributed by atoms with Gasteiger partial charge in [0.25, 0.3) is 11.8 Å². The Kier molecular flexibility index (Phi) is 8.62. The number of rotatable bonds is 7. The highest BCUT2D eigenvalue weighted by molar-refractivity contribution is 5.95. The predicted octanol–water partition coefficient (Wildman–Crippen LogP) is 4.35. The van der Waals surface area contributed by atoms with Gasteiger partial charge in [0.2, 0.25) is 0 Å². The largest absolute Gasteiger partial charge is 0.416 e. The summed E-state index contributed by atoms with van der Waals surface area (Å²) in [5.41, 5.74) is -1.92. The maximum Gasteiger partial charge on any atom is 0.416 e. The number of carbonyl (C=O) groups is 2. The lowest BCUT2D eigenvalue weighted by molar-refractivity contribution is -0.138. The number of amides is 2. The molecule has 2 aromatic rings. The van der Waals surface area contributed by atoms with Gasteiger partial charge in [-0.3, -0.25) is 9.59 Å². The number of benzene rings is 2. The summed E-state index contributed by atoms with van der Waals surface area (Å²) in [5, 5.41) is 0. The third kappa shape index (κ3) is 6.97. The van der Waals surface area contributed by atoms with E-state index >= 15 is 0 Å². The third-order valence-corrected chi connectivity index (χ3v) is 5.60. The quantitative estimate of drug-likeness (QED) is 0.512. The summed E-state index contributed by atoms with van der Waals surface area (Å²) in [6, 6.07) is 7.90. The zero-order chi connectivity index (χ0) is 26.5. The van der Waals surface area contributed by atoms with Crippen LogP contribution in [0.5, 0.6) is 0 Å². The Hall–Kier alpha value is -3.12. The number of halogens is 6. The molecule has 0 aliphatic carbocycles. The number of morpholine rings is 1. The first-order valence-electron chi connectivity index (χ1n) is 10.9. The zero-order valence-corrected chi connectivity index (χ0v) is 19.2. The molecule has 0 unspecified atom stereocenters. The van der Waals surface area contributed by atoms with Gasteiger partial charge in [-0.15, -0.1) is 0 Å². The molecule has 0 N–H and O–H groups in total. The van der Waals surface area contributed by atoms with E-state index in [-0.39, 0.29) is 50.5 Å². The van der Waals surface area contributed by atoms with Crippen molar-refractivity contribution >= 4 is 11.8 Å².